The van der Waals surface area contributed by atoms with Gasteiger partial charge in [-0.05, 0) is 74.9 Å². The number of furan rings is 1. The van der Waals surface area contributed by atoms with Crippen LogP contribution < -0.4 is 5.32 Å². The van der Waals surface area contributed by atoms with Crippen LogP contribution in [-0.4, -0.2) is 110 Å². The molecule has 1 aromatic heterocycles. The number of fused-ring (bicyclic) bond motifs is 5. The van der Waals surface area contributed by atoms with Gasteiger partial charge in [0.05, 0.1) is 36.1 Å². The van der Waals surface area contributed by atoms with Gasteiger partial charge in [-0.1, -0.05) is 38.5 Å². The molecule has 1 aliphatic heterocycles. The SMILES string of the molecule is CC1=C2[C@@H](O)C(=O)[C@@]3(C)[C@H]([C@H](OC(=O)c4ccccc4)[C@](O)(C[C@@H]1OC(=O)[C@H](O)[C@@H](NC(=O)OC1CCCCC1)c1ccco1)C2(C)C)[C@]1(O)CO[C@@H]1C[C@@H]3O. The minimum Gasteiger partial charge on any atom is -0.467 e. The number of benzene rings is 1. The van der Waals surface area contributed by atoms with Crippen LogP contribution in [0.15, 0.2) is 64.3 Å². The highest BCUT2D eigenvalue weighted by Crippen LogP contribution is 2.63. The van der Waals surface area contributed by atoms with Crippen molar-refractivity contribution in [2.75, 3.05) is 6.61 Å². The lowest BCUT2D eigenvalue weighted by Gasteiger charge is -2.66. The third-order valence-electron chi connectivity index (χ3n) is 13.4. The molecule has 1 amide bonds. The van der Waals surface area contributed by atoms with Crippen LogP contribution in [0.25, 0.3) is 0 Å². The third-order valence-corrected chi connectivity index (χ3v) is 13.4. The largest absolute Gasteiger partial charge is 0.467 e. The van der Waals surface area contributed by atoms with E-state index in [1.54, 1.807) is 32.0 Å². The molecule has 2 heterocycles. The van der Waals surface area contributed by atoms with Gasteiger partial charge >= 0.3 is 18.0 Å². The molecule has 0 unspecified atom stereocenters. The Hall–Kier alpha value is -4.12. The Balaban J connectivity index is 1.27. The Kier molecular flexibility index (Phi) is 10.5. The first-order valence-corrected chi connectivity index (χ1v) is 19.3. The van der Waals surface area contributed by atoms with Gasteiger partial charge in [-0.2, -0.15) is 0 Å². The van der Waals surface area contributed by atoms with Crippen molar-refractivity contribution in [3.05, 3.63) is 71.2 Å². The highest BCUT2D eigenvalue weighted by Gasteiger charge is 2.76. The number of carbonyl (C=O) groups excluding carboxylic acids is 4. The van der Waals surface area contributed by atoms with E-state index in [0.29, 0.717) is 12.8 Å². The lowest BCUT2D eigenvalue weighted by atomic mass is 9.44. The number of aliphatic hydroxyl groups excluding tert-OH is 3. The highest BCUT2D eigenvalue weighted by molar-refractivity contribution is 5.94. The zero-order valence-corrected chi connectivity index (χ0v) is 31.9. The zero-order chi connectivity index (χ0) is 40.4. The van der Waals surface area contributed by atoms with E-state index in [1.165, 1.54) is 44.4 Å². The Labute approximate surface area is 323 Å². The summed E-state index contributed by atoms with van der Waals surface area (Å²) in [4.78, 5) is 55.6. The minimum atomic E-state index is -2.31. The number of ether oxygens (including phenoxy) is 4. The van der Waals surface area contributed by atoms with Crippen LogP contribution in [0.5, 0.6) is 0 Å². The molecule has 3 saturated carbocycles. The number of carbonyl (C=O) groups is 4. The molecule has 56 heavy (non-hydrogen) atoms. The molecule has 0 spiro atoms. The summed E-state index contributed by atoms with van der Waals surface area (Å²) in [6.45, 7) is 5.67. The number of hydrogen-bond acceptors (Lipinski definition) is 14. The maximum absolute atomic E-state index is 14.7. The van der Waals surface area contributed by atoms with Crippen molar-refractivity contribution in [1.82, 2.24) is 5.32 Å². The van der Waals surface area contributed by atoms with E-state index in [0.717, 1.165) is 19.3 Å². The first-order chi connectivity index (χ1) is 26.4. The third kappa shape index (κ3) is 6.36. The number of alkyl carbamates (subject to hydrolysis) is 1. The molecular weight excluding hydrogens is 730 g/mol. The van der Waals surface area contributed by atoms with Gasteiger partial charge in [-0.3, -0.25) is 4.79 Å². The van der Waals surface area contributed by atoms with Crippen LogP contribution >= 0.6 is 0 Å². The zero-order valence-electron chi connectivity index (χ0n) is 31.9. The van der Waals surface area contributed by atoms with Gasteiger partial charge in [-0.25, -0.2) is 14.4 Å². The summed E-state index contributed by atoms with van der Waals surface area (Å²) in [5.41, 5.74) is -7.57. The topological polar surface area (TPSA) is 232 Å². The van der Waals surface area contributed by atoms with E-state index in [4.69, 9.17) is 23.4 Å². The maximum atomic E-state index is 14.7. The van der Waals surface area contributed by atoms with Gasteiger partial charge in [0.1, 0.15) is 47.4 Å². The Bertz CT molecular complexity index is 1860. The fourth-order valence-electron chi connectivity index (χ4n) is 9.99. The molecular formula is C41H51NO14. The minimum absolute atomic E-state index is 0.0215. The van der Waals surface area contributed by atoms with Crippen LogP contribution in [0.2, 0.25) is 0 Å². The average Bonchev–Trinajstić information content (AvgIpc) is 3.71. The van der Waals surface area contributed by atoms with Crippen molar-refractivity contribution < 1.29 is 68.1 Å². The number of esters is 2. The summed E-state index contributed by atoms with van der Waals surface area (Å²) in [7, 11) is 0. The van der Waals surface area contributed by atoms with E-state index in [9.17, 15) is 44.7 Å². The summed E-state index contributed by atoms with van der Waals surface area (Å²) < 4.78 is 28.8. The number of aliphatic hydroxyl groups is 5. The van der Waals surface area contributed by atoms with Crippen molar-refractivity contribution in [3.8, 4) is 0 Å². The number of amides is 1. The number of nitrogens with one attached hydrogen (secondary N) is 1. The van der Waals surface area contributed by atoms with Crippen LogP contribution in [-0.2, 0) is 28.5 Å². The van der Waals surface area contributed by atoms with Gasteiger partial charge in [0.2, 0.25) is 0 Å². The first-order valence-electron chi connectivity index (χ1n) is 19.3. The fraction of sp³-hybridized carbons (Fsp3) is 0.610. The summed E-state index contributed by atoms with van der Waals surface area (Å²) in [5.74, 6) is -4.56. The summed E-state index contributed by atoms with van der Waals surface area (Å²) in [6, 6.07) is 9.38. The van der Waals surface area contributed by atoms with E-state index in [2.05, 4.69) is 5.32 Å². The van der Waals surface area contributed by atoms with Crippen molar-refractivity contribution in [1.29, 1.82) is 0 Å². The standard InChI is InChI=1S/C41H51NO14/c1-21-25(55-36(48)31(45)29(24-16-11-17-52-24)42-37(49)54-23-14-9-6-10-15-23)19-41(51)34(56-35(47)22-12-7-5-8-13-22)32-39(4,26(43)18-27-40(32,50)20-53-27)33(46)30(44)28(21)38(41,2)3/h5,7-8,11-13,16-17,23,25-27,29-32,34,43-45,50-51H,6,9-10,14-15,18-20H2,1-4H3,(H,42,49)/t25-,26-,27+,29-,30+,31+,32-,34-,39+,40-,41+/m0/s1. The van der Waals surface area contributed by atoms with Gasteiger partial charge < -0.3 is 54.2 Å². The molecule has 7 rings (SSSR count). The second-order valence-electron chi connectivity index (χ2n) is 16.8. The summed E-state index contributed by atoms with van der Waals surface area (Å²) in [6.07, 6.45) is -6.16. The molecule has 4 aliphatic carbocycles. The molecule has 1 aromatic carbocycles. The van der Waals surface area contributed by atoms with Crippen LogP contribution in [0.4, 0.5) is 4.79 Å². The summed E-state index contributed by atoms with van der Waals surface area (Å²) >= 11 is 0. The highest BCUT2D eigenvalue weighted by atomic mass is 16.6. The molecule has 11 atom stereocenters. The predicted molar refractivity (Wildman–Crippen MR) is 193 cm³/mol. The number of hydrogen-bond donors (Lipinski definition) is 6. The molecule has 4 fully saturated rings. The lowest BCUT2D eigenvalue weighted by molar-refractivity contribution is -0.343. The molecule has 2 bridgehead atoms. The van der Waals surface area contributed by atoms with E-state index in [1.807, 2.05) is 0 Å². The molecule has 1 saturated heterocycles. The van der Waals surface area contributed by atoms with Gasteiger partial charge in [0.15, 0.2) is 11.9 Å². The molecule has 15 heteroatoms. The van der Waals surface area contributed by atoms with Crippen molar-refractivity contribution in [2.45, 2.75) is 133 Å². The van der Waals surface area contributed by atoms with Gasteiger partial charge in [-0.15, -0.1) is 0 Å². The number of Topliss-reactive ketones (excluding diaryl/α,β-unsaturated/α-hetero) is 1. The van der Waals surface area contributed by atoms with Crippen LogP contribution in [0.1, 0.15) is 94.8 Å². The molecule has 5 aliphatic rings. The first kappa shape index (κ1) is 40.1. The Morgan fingerprint density at radius 1 is 0.946 bits per heavy atom. The monoisotopic (exact) mass is 781 g/mol. The molecule has 2 aromatic rings. The quantitative estimate of drug-likeness (QED) is 0.129. The van der Waals surface area contributed by atoms with Crippen LogP contribution in [0, 0.1) is 16.7 Å². The lowest BCUT2D eigenvalue weighted by Crippen LogP contribution is -2.81. The van der Waals surface area contributed by atoms with Crippen LogP contribution in [0.3, 0.4) is 0 Å². The normalized spacial score (nSPS) is 36.3. The number of ketones is 1. The smallest absolute Gasteiger partial charge is 0.408 e. The van der Waals surface area contributed by atoms with Crippen molar-refractivity contribution >= 4 is 23.8 Å². The number of rotatable bonds is 8. The van der Waals surface area contributed by atoms with E-state index in [-0.39, 0.29) is 41.6 Å². The van der Waals surface area contributed by atoms with E-state index >= 15 is 0 Å². The summed E-state index contributed by atoms with van der Waals surface area (Å²) in [5, 5.41) is 63.2. The molecule has 6 N–H and O–H groups in total. The van der Waals surface area contributed by atoms with Gasteiger partial charge in [0, 0.05) is 24.2 Å². The van der Waals surface area contributed by atoms with Crippen molar-refractivity contribution in [3.63, 3.8) is 0 Å². The Morgan fingerprint density at radius 3 is 2.27 bits per heavy atom. The average molecular weight is 782 g/mol. The fourth-order valence-corrected chi connectivity index (χ4v) is 9.99. The van der Waals surface area contributed by atoms with Gasteiger partial charge in [0.25, 0.3) is 0 Å². The second-order valence-corrected chi connectivity index (χ2v) is 16.8. The maximum Gasteiger partial charge on any atom is 0.408 e. The molecule has 0 radical (unpaired) electrons. The van der Waals surface area contributed by atoms with E-state index < -0.39 is 101 Å². The predicted octanol–water partition coefficient (Wildman–Crippen LogP) is 2.82. The molecule has 15 nitrogen and oxygen atoms in total. The second kappa shape index (κ2) is 14.7. The van der Waals surface area contributed by atoms with Crippen molar-refractivity contribution in [2.24, 2.45) is 16.7 Å². The Morgan fingerprint density at radius 2 is 1.64 bits per heavy atom. The molecule has 304 valence electrons.